The van der Waals surface area contributed by atoms with Gasteiger partial charge >= 0.3 is 5.97 Å². The van der Waals surface area contributed by atoms with Crippen LogP contribution in [0.4, 0.5) is 0 Å². The highest BCUT2D eigenvalue weighted by atomic mass is 16.5. The molecule has 0 aromatic rings. The van der Waals surface area contributed by atoms with Crippen LogP contribution in [-0.2, 0) is 14.3 Å². The summed E-state index contributed by atoms with van der Waals surface area (Å²) in [6, 6.07) is 0. The molecule has 1 amide bonds. The molecule has 0 aromatic heterocycles. The minimum atomic E-state index is -0.281. The SMILES string of the molecule is CN1/C=C/CCC(=O)NCCOC(=O)C1. The van der Waals surface area contributed by atoms with Gasteiger partial charge in [0.25, 0.3) is 0 Å². The van der Waals surface area contributed by atoms with Gasteiger partial charge in [-0.2, -0.15) is 0 Å². The fourth-order valence-corrected chi connectivity index (χ4v) is 1.21. The zero-order valence-corrected chi connectivity index (χ0v) is 8.86. The molecule has 1 aliphatic heterocycles. The third-order valence-electron chi connectivity index (χ3n) is 1.96. The molecule has 0 spiro atoms. The van der Waals surface area contributed by atoms with Gasteiger partial charge in [-0.15, -0.1) is 0 Å². The molecule has 0 fully saturated rings. The molecule has 15 heavy (non-hydrogen) atoms. The van der Waals surface area contributed by atoms with Gasteiger partial charge in [-0.1, -0.05) is 6.08 Å². The molecular formula is C10H16N2O3. The van der Waals surface area contributed by atoms with E-state index in [1.165, 1.54) is 0 Å². The summed E-state index contributed by atoms with van der Waals surface area (Å²) >= 11 is 0. The van der Waals surface area contributed by atoms with Crippen LogP contribution in [0.2, 0.25) is 0 Å². The van der Waals surface area contributed by atoms with Gasteiger partial charge in [-0.3, -0.25) is 9.59 Å². The van der Waals surface area contributed by atoms with Crippen LogP contribution < -0.4 is 5.32 Å². The minimum Gasteiger partial charge on any atom is -0.462 e. The van der Waals surface area contributed by atoms with E-state index in [0.717, 1.165) is 0 Å². The zero-order valence-electron chi connectivity index (χ0n) is 8.86. The Bertz CT molecular complexity index is 263. The molecule has 84 valence electrons. The van der Waals surface area contributed by atoms with Crippen molar-refractivity contribution < 1.29 is 14.3 Å². The van der Waals surface area contributed by atoms with E-state index in [9.17, 15) is 9.59 Å². The molecule has 0 radical (unpaired) electrons. The van der Waals surface area contributed by atoms with Gasteiger partial charge in [0.1, 0.15) is 13.2 Å². The second-order valence-corrected chi connectivity index (χ2v) is 3.41. The smallest absolute Gasteiger partial charge is 0.325 e. The maximum absolute atomic E-state index is 11.2. The van der Waals surface area contributed by atoms with Crippen molar-refractivity contribution in [1.82, 2.24) is 10.2 Å². The number of carbonyl (C=O) groups is 2. The molecule has 0 bridgehead atoms. The van der Waals surface area contributed by atoms with Crippen molar-refractivity contribution in [3.05, 3.63) is 12.3 Å². The summed E-state index contributed by atoms with van der Waals surface area (Å²) in [7, 11) is 1.80. The summed E-state index contributed by atoms with van der Waals surface area (Å²) in [5, 5.41) is 2.67. The van der Waals surface area contributed by atoms with Crippen molar-refractivity contribution in [2.45, 2.75) is 12.8 Å². The van der Waals surface area contributed by atoms with E-state index in [0.29, 0.717) is 19.4 Å². The lowest BCUT2D eigenvalue weighted by Gasteiger charge is -2.14. The fraction of sp³-hybridized carbons (Fsp3) is 0.600. The van der Waals surface area contributed by atoms with Crippen molar-refractivity contribution >= 4 is 11.9 Å². The van der Waals surface area contributed by atoms with E-state index in [1.54, 1.807) is 18.1 Å². The van der Waals surface area contributed by atoms with Crippen LogP contribution in [0.25, 0.3) is 0 Å². The van der Waals surface area contributed by atoms with E-state index in [1.807, 2.05) is 6.08 Å². The third-order valence-corrected chi connectivity index (χ3v) is 1.96. The van der Waals surface area contributed by atoms with Gasteiger partial charge in [0.05, 0.1) is 6.54 Å². The Morgan fingerprint density at radius 2 is 2.27 bits per heavy atom. The number of hydrogen-bond donors (Lipinski definition) is 1. The van der Waals surface area contributed by atoms with Crippen LogP contribution >= 0.6 is 0 Å². The first-order valence-corrected chi connectivity index (χ1v) is 4.97. The highest BCUT2D eigenvalue weighted by molar-refractivity contribution is 5.76. The van der Waals surface area contributed by atoms with Gasteiger partial charge in [-0.05, 0) is 12.6 Å². The van der Waals surface area contributed by atoms with Crippen LogP contribution in [0.5, 0.6) is 0 Å². The molecule has 0 saturated heterocycles. The summed E-state index contributed by atoms with van der Waals surface area (Å²) < 4.78 is 4.90. The maximum Gasteiger partial charge on any atom is 0.325 e. The van der Waals surface area contributed by atoms with Crippen LogP contribution in [0.3, 0.4) is 0 Å². The quantitative estimate of drug-likeness (QED) is 0.569. The Morgan fingerprint density at radius 1 is 1.47 bits per heavy atom. The normalized spacial score (nSPS) is 22.1. The van der Waals surface area contributed by atoms with E-state index < -0.39 is 0 Å². The standard InChI is InChI=1S/C10H16N2O3/c1-12-6-3-2-4-9(13)11-5-7-15-10(14)8-12/h3,6H,2,4-5,7-8H2,1H3,(H,11,13)/b6-3+. The highest BCUT2D eigenvalue weighted by Crippen LogP contribution is 1.95. The largest absolute Gasteiger partial charge is 0.462 e. The van der Waals surface area contributed by atoms with Crippen molar-refractivity contribution in [2.75, 3.05) is 26.7 Å². The number of esters is 1. The van der Waals surface area contributed by atoms with Gasteiger partial charge in [0.2, 0.25) is 5.91 Å². The molecule has 0 aromatic carbocycles. The van der Waals surface area contributed by atoms with E-state index >= 15 is 0 Å². The lowest BCUT2D eigenvalue weighted by molar-refractivity contribution is -0.144. The molecule has 5 nitrogen and oxygen atoms in total. The minimum absolute atomic E-state index is 0.0149. The summed E-state index contributed by atoms with van der Waals surface area (Å²) in [6.45, 7) is 0.866. The predicted molar refractivity (Wildman–Crippen MR) is 55.0 cm³/mol. The molecule has 1 aliphatic rings. The van der Waals surface area contributed by atoms with Gasteiger partial charge in [0, 0.05) is 13.5 Å². The van der Waals surface area contributed by atoms with Crippen molar-refractivity contribution in [3.63, 3.8) is 0 Å². The first kappa shape index (κ1) is 11.6. The second kappa shape index (κ2) is 6.06. The average Bonchev–Trinajstić information content (AvgIpc) is 2.18. The van der Waals surface area contributed by atoms with Crippen molar-refractivity contribution in [3.8, 4) is 0 Å². The summed E-state index contributed by atoms with van der Waals surface area (Å²) in [5.41, 5.74) is 0. The van der Waals surface area contributed by atoms with Crippen LogP contribution in [0.15, 0.2) is 12.3 Å². The molecule has 0 atom stereocenters. The molecule has 0 unspecified atom stereocenters. The number of rotatable bonds is 0. The Morgan fingerprint density at radius 3 is 3.07 bits per heavy atom. The summed E-state index contributed by atoms with van der Waals surface area (Å²) in [6.07, 6.45) is 4.81. The Kier molecular flexibility index (Phi) is 4.66. The Balaban J connectivity index is 2.48. The van der Waals surface area contributed by atoms with Gasteiger partial charge in [0.15, 0.2) is 0 Å². The number of allylic oxidation sites excluding steroid dienone is 1. The lowest BCUT2D eigenvalue weighted by atomic mass is 10.3. The Hall–Kier alpha value is -1.52. The molecule has 1 heterocycles. The number of likely N-dealkylation sites (N-methyl/N-ethyl adjacent to an activating group) is 1. The van der Waals surface area contributed by atoms with Gasteiger partial charge < -0.3 is 15.0 Å². The molecule has 1 rings (SSSR count). The zero-order chi connectivity index (χ0) is 11.1. The maximum atomic E-state index is 11.2. The topological polar surface area (TPSA) is 58.6 Å². The number of ether oxygens (including phenoxy) is 1. The summed E-state index contributed by atoms with van der Waals surface area (Å²) in [4.78, 5) is 24.1. The number of amides is 1. The fourth-order valence-electron chi connectivity index (χ4n) is 1.21. The average molecular weight is 212 g/mol. The van der Waals surface area contributed by atoms with Crippen LogP contribution in [0.1, 0.15) is 12.8 Å². The molecular weight excluding hydrogens is 196 g/mol. The van der Waals surface area contributed by atoms with E-state index in [2.05, 4.69) is 5.32 Å². The van der Waals surface area contributed by atoms with Crippen molar-refractivity contribution in [1.29, 1.82) is 0 Å². The number of nitrogens with one attached hydrogen (secondary N) is 1. The van der Waals surface area contributed by atoms with Gasteiger partial charge in [-0.25, -0.2) is 0 Å². The predicted octanol–water partition coefficient (Wildman–Crippen LogP) is -0.115. The van der Waals surface area contributed by atoms with Crippen LogP contribution in [0, 0.1) is 0 Å². The molecule has 5 heteroatoms. The monoisotopic (exact) mass is 212 g/mol. The first-order valence-electron chi connectivity index (χ1n) is 4.97. The Labute approximate surface area is 89.1 Å². The molecule has 1 N–H and O–H groups in total. The second-order valence-electron chi connectivity index (χ2n) is 3.41. The summed E-state index contributed by atoms with van der Waals surface area (Å²) in [5.74, 6) is -0.295. The van der Waals surface area contributed by atoms with E-state index in [-0.39, 0.29) is 25.0 Å². The number of cyclic esters (lactones) is 1. The number of carbonyl (C=O) groups excluding carboxylic acids is 2. The first-order chi connectivity index (χ1) is 7.18. The van der Waals surface area contributed by atoms with E-state index in [4.69, 9.17) is 4.74 Å². The van der Waals surface area contributed by atoms with Crippen molar-refractivity contribution in [2.24, 2.45) is 0 Å². The third kappa shape index (κ3) is 5.05. The molecule has 0 aliphatic carbocycles. The number of hydrogen-bond acceptors (Lipinski definition) is 4. The lowest BCUT2D eigenvalue weighted by Crippen LogP contribution is -2.30. The number of nitrogens with zero attached hydrogens (tertiary/aromatic N) is 1. The molecule has 0 saturated carbocycles. The highest BCUT2D eigenvalue weighted by Gasteiger charge is 2.06. The van der Waals surface area contributed by atoms with Crippen LogP contribution in [-0.4, -0.2) is 43.5 Å².